The number of hydrogen-bond acceptors (Lipinski definition) is 11. The molecule has 4 aliphatic heterocycles. The highest BCUT2D eigenvalue weighted by atomic mass is 19.1. The first-order chi connectivity index (χ1) is 30.5. The lowest BCUT2D eigenvalue weighted by Crippen LogP contribution is -2.51. The standard InChI is InChI=1S/C47H53FN10O5/c1-29-25-56(39-23-38(52-53-43(39)49)35-4-2-3-5-40(35)59)27-41(63-29)31-8-10-32(11-9-31)45(61)55-20-15-47(48,16-21-55)28-54-17-12-33(13-18-54)58-26-37(30-6-7-30)36-22-34(24-50-44(36)58)57-19-14-42(60)51-46(57)62/h2-5,8-11,22-24,26,29-30,33,41,59H,6-7,12-21,25,27-28H2,1H3,(H2,49,53)(H,51,60,62)/t29-,41-/m0/s1. The summed E-state index contributed by atoms with van der Waals surface area (Å²) >= 11 is 0. The van der Waals surface area contributed by atoms with Crippen LogP contribution in [0.5, 0.6) is 5.75 Å². The van der Waals surface area contributed by atoms with E-state index in [-0.39, 0.29) is 48.1 Å². The Morgan fingerprint density at radius 2 is 1.73 bits per heavy atom. The van der Waals surface area contributed by atoms with Crippen LogP contribution >= 0.6 is 0 Å². The average molecular weight is 857 g/mol. The van der Waals surface area contributed by atoms with Crippen molar-refractivity contribution < 1.29 is 28.6 Å². The Labute approximate surface area is 365 Å². The average Bonchev–Trinajstić information content (AvgIpc) is 4.06. The quantitative estimate of drug-likeness (QED) is 0.151. The number of urea groups is 1. The molecule has 2 atom stereocenters. The number of aromatic nitrogens is 4. The summed E-state index contributed by atoms with van der Waals surface area (Å²) < 4.78 is 25.1. The number of pyridine rings is 1. The Kier molecular flexibility index (Phi) is 10.7. The fourth-order valence-electron chi connectivity index (χ4n) is 9.95. The summed E-state index contributed by atoms with van der Waals surface area (Å²) in [5.41, 5.74) is 11.1. The Morgan fingerprint density at radius 1 is 0.968 bits per heavy atom. The molecule has 0 radical (unpaired) electrons. The second-order valence-electron chi connectivity index (χ2n) is 18.0. The van der Waals surface area contributed by atoms with Crippen molar-refractivity contribution in [3.8, 4) is 17.0 Å². The second-order valence-corrected chi connectivity index (χ2v) is 18.0. The minimum absolute atomic E-state index is 0.101. The molecule has 16 heteroatoms. The molecule has 3 aromatic heterocycles. The van der Waals surface area contributed by atoms with Gasteiger partial charge in [0.25, 0.3) is 5.91 Å². The van der Waals surface area contributed by atoms with Crippen LogP contribution in [0.2, 0.25) is 0 Å². The molecule has 4 amide bonds. The summed E-state index contributed by atoms with van der Waals surface area (Å²) in [6, 6.07) is 18.2. The van der Waals surface area contributed by atoms with Crippen LogP contribution in [0.1, 0.15) is 91.4 Å². The number of morpholine rings is 1. The van der Waals surface area contributed by atoms with E-state index in [2.05, 4.69) is 36.1 Å². The number of nitrogen functional groups attached to an aromatic ring is 1. The number of hydrogen-bond donors (Lipinski definition) is 3. The number of carbonyl (C=O) groups is 3. The monoisotopic (exact) mass is 856 g/mol. The van der Waals surface area contributed by atoms with Crippen LogP contribution < -0.4 is 20.9 Å². The minimum atomic E-state index is -1.37. The highest BCUT2D eigenvalue weighted by molar-refractivity contribution is 6.06. The topological polar surface area (TPSA) is 175 Å². The van der Waals surface area contributed by atoms with Crippen molar-refractivity contribution in [1.29, 1.82) is 0 Å². The summed E-state index contributed by atoms with van der Waals surface area (Å²) in [5, 5.41) is 22.3. The molecule has 5 fully saturated rings. The van der Waals surface area contributed by atoms with E-state index in [4.69, 9.17) is 15.5 Å². The number of likely N-dealkylation sites (tertiary alicyclic amines) is 2. The van der Waals surface area contributed by atoms with Crippen LogP contribution in [0.4, 0.5) is 26.4 Å². The van der Waals surface area contributed by atoms with Gasteiger partial charge in [0.2, 0.25) is 5.91 Å². The highest BCUT2D eigenvalue weighted by Gasteiger charge is 2.39. The van der Waals surface area contributed by atoms with Gasteiger partial charge in [-0.05, 0) is 86.1 Å². The number of amides is 4. The van der Waals surface area contributed by atoms with Crippen LogP contribution in [-0.2, 0) is 9.53 Å². The summed E-state index contributed by atoms with van der Waals surface area (Å²) in [6.45, 7) is 6.06. The third-order valence-corrected chi connectivity index (χ3v) is 13.6. The maximum Gasteiger partial charge on any atom is 0.328 e. The van der Waals surface area contributed by atoms with E-state index in [1.807, 2.05) is 49.4 Å². The van der Waals surface area contributed by atoms with E-state index in [1.165, 1.54) is 5.56 Å². The van der Waals surface area contributed by atoms with E-state index < -0.39 is 11.7 Å². The fourth-order valence-corrected chi connectivity index (χ4v) is 9.95. The van der Waals surface area contributed by atoms with Crippen molar-refractivity contribution in [1.82, 2.24) is 34.9 Å². The second kappa shape index (κ2) is 16.5. The van der Waals surface area contributed by atoms with Gasteiger partial charge in [0.15, 0.2) is 5.82 Å². The van der Waals surface area contributed by atoms with Gasteiger partial charge < -0.3 is 34.8 Å². The molecule has 1 saturated carbocycles. The summed E-state index contributed by atoms with van der Waals surface area (Å²) in [6.07, 6.45) is 8.45. The molecule has 0 bridgehead atoms. The maximum absolute atomic E-state index is 16.5. The largest absolute Gasteiger partial charge is 0.507 e. The smallest absolute Gasteiger partial charge is 0.328 e. The molecule has 0 spiro atoms. The first kappa shape index (κ1) is 40.9. The highest BCUT2D eigenvalue weighted by Crippen LogP contribution is 2.46. The van der Waals surface area contributed by atoms with Gasteiger partial charge in [-0.15, -0.1) is 10.2 Å². The summed E-state index contributed by atoms with van der Waals surface area (Å²) in [4.78, 5) is 50.6. The molecule has 10 rings (SSSR count). The predicted octanol–water partition coefficient (Wildman–Crippen LogP) is 6.35. The molecule has 1 aliphatic carbocycles. The van der Waals surface area contributed by atoms with Crippen molar-refractivity contribution >= 4 is 46.1 Å². The SMILES string of the molecule is C[C@H]1CN(c2cc(-c3ccccc3O)nnc2N)C[C@@H](c2ccc(C(=O)N3CCC(F)(CN4CCC(n5cc(C6CC6)c6cc(N7CCC(=O)NC7=O)cnc65)CC4)CC3)cc2)O1. The van der Waals surface area contributed by atoms with Crippen molar-refractivity contribution in [3.63, 3.8) is 0 Å². The van der Waals surface area contributed by atoms with E-state index in [9.17, 15) is 19.5 Å². The number of nitrogens with one attached hydrogen (secondary N) is 1. The number of phenols is 1. The van der Waals surface area contributed by atoms with E-state index >= 15 is 4.39 Å². The van der Waals surface area contributed by atoms with Gasteiger partial charge in [0, 0.05) is 100 Å². The Bertz CT molecular complexity index is 2550. The number of nitrogens with two attached hydrogens (primary N) is 1. The first-order valence-corrected chi connectivity index (χ1v) is 22.2. The molecular weight excluding hydrogens is 804 g/mol. The van der Waals surface area contributed by atoms with Crippen LogP contribution in [0.25, 0.3) is 22.3 Å². The van der Waals surface area contributed by atoms with Crippen molar-refractivity contribution in [2.45, 2.75) is 81.7 Å². The van der Waals surface area contributed by atoms with Gasteiger partial charge in [0.05, 0.1) is 29.4 Å². The van der Waals surface area contributed by atoms with Gasteiger partial charge in [0.1, 0.15) is 23.2 Å². The van der Waals surface area contributed by atoms with Gasteiger partial charge in [-0.3, -0.25) is 19.8 Å². The van der Waals surface area contributed by atoms with E-state index in [0.29, 0.717) is 86.2 Å². The number of carbonyl (C=O) groups excluding carboxylic acids is 3. The molecule has 63 heavy (non-hydrogen) atoms. The summed E-state index contributed by atoms with van der Waals surface area (Å²) in [5.74, 6) is 0.529. The molecule has 4 saturated heterocycles. The molecule has 4 N–H and O–H groups in total. The number of benzene rings is 2. The lowest BCUT2D eigenvalue weighted by Gasteiger charge is -2.41. The van der Waals surface area contributed by atoms with Crippen LogP contribution in [0.3, 0.4) is 0 Å². The number of para-hydroxylation sites is 1. The number of alkyl halides is 1. The van der Waals surface area contributed by atoms with Crippen molar-refractivity contribution in [2.75, 3.05) is 67.9 Å². The number of halogens is 1. The van der Waals surface area contributed by atoms with E-state index in [1.54, 1.807) is 34.2 Å². The maximum atomic E-state index is 16.5. The molecule has 0 unspecified atom stereocenters. The van der Waals surface area contributed by atoms with E-state index in [0.717, 1.165) is 55.4 Å². The zero-order chi connectivity index (χ0) is 43.4. The number of nitrogens with zero attached hydrogens (tertiary/aromatic N) is 8. The molecule has 328 valence electrons. The number of piperidine rings is 2. The van der Waals surface area contributed by atoms with Gasteiger partial charge in [-0.2, -0.15) is 0 Å². The third kappa shape index (κ3) is 8.29. The molecule has 2 aromatic carbocycles. The minimum Gasteiger partial charge on any atom is -0.507 e. The van der Waals surface area contributed by atoms with Crippen LogP contribution in [-0.4, -0.2) is 117 Å². The summed E-state index contributed by atoms with van der Waals surface area (Å²) in [7, 11) is 0. The van der Waals surface area contributed by atoms with Gasteiger partial charge in [-0.25, -0.2) is 14.2 Å². The van der Waals surface area contributed by atoms with Crippen molar-refractivity contribution in [3.05, 3.63) is 89.7 Å². The number of ether oxygens (including phenoxy) is 1. The number of fused-ring (bicyclic) bond motifs is 1. The molecule has 7 heterocycles. The van der Waals surface area contributed by atoms with Crippen molar-refractivity contribution in [2.24, 2.45) is 0 Å². The Balaban J connectivity index is 0.733. The molecule has 5 aliphatic rings. The lowest BCUT2D eigenvalue weighted by molar-refractivity contribution is -0.120. The van der Waals surface area contributed by atoms with Crippen LogP contribution in [0, 0.1) is 0 Å². The first-order valence-electron chi connectivity index (χ1n) is 22.2. The fraction of sp³-hybridized carbons (Fsp3) is 0.447. The normalized spacial score (nSPS) is 22.4. The van der Waals surface area contributed by atoms with Crippen LogP contribution in [0.15, 0.2) is 73.1 Å². The Hall–Kier alpha value is -6.13. The number of imide groups is 1. The zero-order valence-electron chi connectivity index (χ0n) is 35.5. The van der Waals surface area contributed by atoms with Gasteiger partial charge >= 0.3 is 6.03 Å². The van der Waals surface area contributed by atoms with Gasteiger partial charge in [-0.1, -0.05) is 24.3 Å². The molecule has 15 nitrogen and oxygen atoms in total. The Morgan fingerprint density at radius 3 is 2.46 bits per heavy atom. The number of phenolic OH excluding ortho intramolecular Hbond substituents is 1. The number of rotatable bonds is 9. The predicted molar refractivity (Wildman–Crippen MR) is 236 cm³/mol. The molecule has 5 aromatic rings. The zero-order valence-corrected chi connectivity index (χ0v) is 35.5. The molecular formula is C47H53FN10O5. The third-order valence-electron chi connectivity index (χ3n) is 13.6. The number of anilines is 3. The number of aromatic hydroxyl groups is 1. The lowest BCUT2D eigenvalue weighted by atomic mass is 9.91.